The Hall–Kier alpha value is -1.67. The second kappa shape index (κ2) is 4.91. The molecule has 0 saturated carbocycles. The van der Waals surface area contributed by atoms with Crippen LogP contribution in [0.15, 0.2) is 47.8 Å². The summed E-state index contributed by atoms with van der Waals surface area (Å²) in [6.45, 7) is 2.19. The summed E-state index contributed by atoms with van der Waals surface area (Å²) in [4.78, 5) is 4.70. The molecule has 2 heteroatoms. The fraction of sp³-hybridized carbons (Fsp3) is 0.188. The molecular formula is C16H15NS. The molecule has 2 aromatic carbocycles. The molecule has 1 nitrogen and oxygen atoms in total. The fourth-order valence-corrected chi connectivity index (χ4v) is 2.98. The van der Waals surface area contributed by atoms with Crippen LogP contribution in [-0.4, -0.2) is 4.98 Å². The molecule has 0 N–H and O–H groups in total. The van der Waals surface area contributed by atoms with Crippen molar-refractivity contribution in [2.24, 2.45) is 0 Å². The lowest BCUT2D eigenvalue weighted by atomic mass is 10.1. The van der Waals surface area contributed by atoms with Crippen molar-refractivity contribution >= 4 is 22.1 Å². The van der Waals surface area contributed by atoms with Crippen LogP contribution in [0.2, 0.25) is 0 Å². The number of aryl methyl sites for hydroxylation is 1. The van der Waals surface area contributed by atoms with Gasteiger partial charge in [-0.3, -0.25) is 0 Å². The van der Waals surface area contributed by atoms with Crippen LogP contribution in [0.1, 0.15) is 19.0 Å². The summed E-state index contributed by atoms with van der Waals surface area (Å²) < 4.78 is 0. The third-order valence-corrected chi connectivity index (χ3v) is 3.99. The Morgan fingerprint density at radius 3 is 2.72 bits per heavy atom. The molecule has 1 heterocycles. The Morgan fingerprint density at radius 2 is 1.89 bits per heavy atom. The zero-order valence-electron chi connectivity index (χ0n) is 10.4. The highest BCUT2D eigenvalue weighted by atomic mass is 32.1. The normalized spacial score (nSPS) is 10.9. The van der Waals surface area contributed by atoms with Gasteiger partial charge in [-0.05, 0) is 23.3 Å². The minimum absolute atomic E-state index is 1.07. The van der Waals surface area contributed by atoms with E-state index < -0.39 is 0 Å². The van der Waals surface area contributed by atoms with Gasteiger partial charge in [0.2, 0.25) is 0 Å². The maximum atomic E-state index is 4.70. The maximum Gasteiger partial charge on any atom is 0.123 e. The molecule has 0 fully saturated rings. The van der Waals surface area contributed by atoms with Gasteiger partial charge < -0.3 is 0 Å². The lowest BCUT2D eigenvalue weighted by Gasteiger charge is -2.00. The van der Waals surface area contributed by atoms with Crippen LogP contribution in [0.4, 0.5) is 0 Å². The van der Waals surface area contributed by atoms with Gasteiger partial charge in [0, 0.05) is 10.9 Å². The van der Waals surface area contributed by atoms with Gasteiger partial charge in [0.25, 0.3) is 0 Å². The van der Waals surface area contributed by atoms with Gasteiger partial charge in [-0.2, -0.15) is 0 Å². The molecule has 0 spiro atoms. The first-order valence-electron chi connectivity index (χ1n) is 6.30. The number of aromatic nitrogens is 1. The molecule has 0 radical (unpaired) electrons. The summed E-state index contributed by atoms with van der Waals surface area (Å²) in [6, 6.07) is 15.0. The van der Waals surface area contributed by atoms with E-state index in [2.05, 4.69) is 54.8 Å². The monoisotopic (exact) mass is 253 g/mol. The van der Waals surface area contributed by atoms with Gasteiger partial charge in [0.15, 0.2) is 0 Å². The first kappa shape index (κ1) is 11.4. The highest BCUT2D eigenvalue weighted by molar-refractivity contribution is 7.13. The van der Waals surface area contributed by atoms with E-state index >= 15 is 0 Å². The van der Waals surface area contributed by atoms with Crippen molar-refractivity contribution in [1.82, 2.24) is 4.98 Å². The van der Waals surface area contributed by atoms with Crippen molar-refractivity contribution in [2.75, 3.05) is 0 Å². The summed E-state index contributed by atoms with van der Waals surface area (Å²) in [5, 5.41) is 5.87. The fourth-order valence-electron chi connectivity index (χ4n) is 2.13. The lowest BCUT2D eigenvalue weighted by molar-refractivity contribution is 0.894. The highest BCUT2D eigenvalue weighted by Gasteiger charge is 2.04. The zero-order chi connectivity index (χ0) is 12.4. The molecule has 0 amide bonds. The van der Waals surface area contributed by atoms with E-state index in [9.17, 15) is 0 Å². The van der Waals surface area contributed by atoms with Crippen LogP contribution in [0.25, 0.3) is 21.3 Å². The summed E-state index contributed by atoms with van der Waals surface area (Å²) in [7, 11) is 0. The van der Waals surface area contributed by atoms with E-state index in [-0.39, 0.29) is 0 Å². The van der Waals surface area contributed by atoms with Crippen LogP contribution in [0, 0.1) is 0 Å². The summed E-state index contributed by atoms with van der Waals surface area (Å²) in [6.07, 6.45) is 2.23. The minimum Gasteiger partial charge on any atom is -0.241 e. The molecular weight excluding hydrogens is 238 g/mol. The zero-order valence-corrected chi connectivity index (χ0v) is 11.2. The van der Waals surface area contributed by atoms with Crippen molar-refractivity contribution in [3.63, 3.8) is 0 Å². The largest absolute Gasteiger partial charge is 0.241 e. The van der Waals surface area contributed by atoms with E-state index in [1.54, 1.807) is 11.3 Å². The minimum atomic E-state index is 1.07. The van der Waals surface area contributed by atoms with Crippen LogP contribution in [0.3, 0.4) is 0 Å². The molecule has 0 saturated heterocycles. The molecule has 1 aromatic heterocycles. The van der Waals surface area contributed by atoms with Crippen molar-refractivity contribution in [2.45, 2.75) is 19.8 Å². The second-order valence-corrected chi connectivity index (χ2v) is 5.31. The standard InChI is InChI=1S/C16H15NS/c1-2-5-15-11-18-16(17-15)14-9-8-12-6-3-4-7-13(12)10-14/h3-4,6-11H,2,5H2,1H3. The van der Waals surface area contributed by atoms with Crippen molar-refractivity contribution < 1.29 is 0 Å². The number of fused-ring (bicyclic) bond motifs is 1. The molecule has 3 rings (SSSR count). The highest BCUT2D eigenvalue weighted by Crippen LogP contribution is 2.27. The van der Waals surface area contributed by atoms with E-state index in [0.29, 0.717) is 0 Å². The number of rotatable bonds is 3. The van der Waals surface area contributed by atoms with Gasteiger partial charge in [-0.25, -0.2) is 4.98 Å². The second-order valence-electron chi connectivity index (χ2n) is 4.46. The van der Waals surface area contributed by atoms with Gasteiger partial charge in [-0.1, -0.05) is 49.7 Å². The first-order valence-corrected chi connectivity index (χ1v) is 7.18. The SMILES string of the molecule is CCCc1csc(-c2ccc3ccccc3c2)n1. The molecule has 18 heavy (non-hydrogen) atoms. The summed E-state index contributed by atoms with van der Waals surface area (Å²) >= 11 is 1.74. The molecule has 0 unspecified atom stereocenters. The quantitative estimate of drug-likeness (QED) is 0.646. The number of nitrogens with zero attached hydrogens (tertiary/aromatic N) is 1. The van der Waals surface area contributed by atoms with E-state index in [0.717, 1.165) is 17.8 Å². The predicted octanol–water partition coefficient (Wildman–Crippen LogP) is 4.92. The van der Waals surface area contributed by atoms with Crippen molar-refractivity contribution in [1.29, 1.82) is 0 Å². The first-order chi connectivity index (χ1) is 8.86. The third kappa shape index (κ3) is 2.16. The topological polar surface area (TPSA) is 12.9 Å². The van der Waals surface area contributed by atoms with Gasteiger partial charge in [0.1, 0.15) is 5.01 Å². The van der Waals surface area contributed by atoms with Crippen LogP contribution >= 0.6 is 11.3 Å². The van der Waals surface area contributed by atoms with Crippen molar-refractivity contribution in [3.05, 3.63) is 53.5 Å². The van der Waals surface area contributed by atoms with E-state index in [1.165, 1.54) is 22.0 Å². The Balaban J connectivity index is 2.02. The summed E-state index contributed by atoms with van der Waals surface area (Å²) in [5.41, 5.74) is 2.44. The number of hydrogen-bond acceptors (Lipinski definition) is 2. The molecule has 90 valence electrons. The third-order valence-electron chi connectivity index (χ3n) is 3.05. The average Bonchev–Trinajstić information content (AvgIpc) is 2.87. The average molecular weight is 253 g/mol. The Kier molecular flexibility index (Phi) is 3.11. The van der Waals surface area contributed by atoms with Crippen molar-refractivity contribution in [3.8, 4) is 10.6 Å². The van der Waals surface area contributed by atoms with Gasteiger partial charge in [-0.15, -0.1) is 11.3 Å². The van der Waals surface area contributed by atoms with E-state index in [1.807, 2.05) is 0 Å². The van der Waals surface area contributed by atoms with Crippen LogP contribution in [-0.2, 0) is 6.42 Å². The Morgan fingerprint density at radius 1 is 1.06 bits per heavy atom. The van der Waals surface area contributed by atoms with Crippen LogP contribution < -0.4 is 0 Å². The molecule has 3 aromatic rings. The number of thiazole rings is 1. The molecule has 0 aliphatic carbocycles. The van der Waals surface area contributed by atoms with Gasteiger partial charge in [0.05, 0.1) is 5.69 Å². The molecule has 0 bridgehead atoms. The Bertz CT molecular complexity index is 669. The number of benzene rings is 2. The van der Waals surface area contributed by atoms with Crippen LogP contribution in [0.5, 0.6) is 0 Å². The van der Waals surface area contributed by atoms with Gasteiger partial charge >= 0.3 is 0 Å². The lowest BCUT2D eigenvalue weighted by Crippen LogP contribution is -1.83. The summed E-state index contributed by atoms with van der Waals surface area (Å²) in [5.74, 6) is 0. The molecule has 0 aliphatic rings. The number of hydrogen-bond donors (Lipinski definition) is 0. The maximum absolute atomic E-state index is 4.70. The predicted molar refractivity (Wildman–Crippen MR) is 79.1 cm³/mol. The molecule has 0 aliphatic heterocycles. The smallest absolute Gasteiger partial charge is 0.123 e. The Labute approximate surface area is 111 Å². The molecule has 0 atom stereocenters. The van der Waals surface area contributed by atoms with E-state index in [4.69, 9.17) is 4.98 Å².